The molecule has 0 atom stereocenters. The van der Waals surface area contributed by atoms with Gasteiger partial charge in [0.2, 0.25) is 0 Å². The Bertz CT molecular complexity index is 510. The predicted octanol–water partition coefficient (Wildman–Crippen LogP) is 1.27. The lowest BCUT2D eigenvalue weighted by molar-refractivity contribution is -0.385. The van der Waals surface area contributed by atoms with Crippen molar-refractivity contribution in [2.75, 3.05) is 6.54 Å². The van der Waals surface area contributed by atoms with Crippen molar-refractivity contribution in [1.29, 1.82) is 0 Å². The first-order valence-electron chi connectivity index (χ1n) is 6.03. The lowest BCUT2D eigenvalue weighted by Crippen LogP contribution is -2.58. The van der Waals surface area contributed by atoms with Gasteiger partial charge in [0.15, 0.2) is 0 Å². The molecule has 1 aromatic rings. The van der Waals surface area contributed by atoms with Gasteiger partial charge in [0.25, 0.3) is 0 Å². The van der Waals surface area contributed by atoms with Crippen LogP contribution in [0.1, 0.15) is 25.0 Å². The number of hydrazine groups is 1. The molecule has 0 unspecified atom stereocenters. The minimum atomic E-state index is -0.374. The van der Waals surface area contributed by atoms with E-state index < -0.39 is 0 Å². The van der Waals surface area contributed by atoms with Crippen LogP contribution in [0.25, 0.3) is 0 Å². The van der Waals surface area contributed by atoms with Gasteiger partial charge in [-0.2, -0.15) is 10.1 Å². The van der Waals surface area contributed by atoms with Gasteiger partial charge in [-0.05, 0) is 26.2 Å². The van der Waals surface area contributed by atoms with Crippen LogP contribution in [0.4, 0.5) is 5.69 Å². The van der Waals surface area contributed by atoms with Gasteiger partial charge in [-0.25, -0.2) is 4.68 Å². The van der Waals surface area contributed by atoms with Gasteiger partial charge in [0.05, 0.1) is 4.92 Å². The number of aryl methyl sites for hydroxylation is 1. The second-order valence-corrected chi connectivity index (χ2v) is 4.78. The number of nitrogens with one attached hydrogen (secondary N) is 1. The van der Waals surface area contributed by atoms with E-state index in [9.17, 15) is 10.1 Å². The Morgan fingerprint density at radius 1 is 1.56 bits per heavy atom. The highest BCUT2D eigenvalue weighted by molar-refractivity contribution is 5.32. The van der Waals surface area contributed by atoms with Crippen LogP contribution < -0.4 is 5.43 Å². The van der Waals surface area contributed by atoms with E-state index >= 15 is 0 Å². The highest BCUT2D eigenvalue weighted by Gasteiger charge is 2.46. The van der Waals surface area contributed by atoms with Crippen LogP contribution in [0.5, 0.6) is 0 Å². The van der Waals surface area contributed by atoms with Crippen molar-refractivity contribution in [1.82, 2.24) is 20.2 Å². The summed E-state index contributed by atoms with van der Waals surface area (Å²) in [6.07, 6.45) is 8.51. The monoisotopic (exact) mass is 249 g/mol. The van der Waals surface area contributed by atoms with E-state index in [1.807, 2.05) is 12.3 Å². The zero-order valence-electron chi connectivity index (χ0n) is 10.2. The number of hydrogen-bond acceptors (Lipinski definition) is 5. The molecular weight excluding hydrogens is 234 g/mol. The van der Waals surface area contributed by atoms with Crippen LogP contribution in [0.15, 0.2) is 18.5 Å². The number of rotatable bonds is 3. The van der Waals surface area contributed by atoms with Crippen LogP contribution in [0.2, 0.25) is 0 Å². The molecule has 1 aliphatic carbocycles. The first-order valence-corrected chi connectivity index (χ1v) is 6.03. The summed E-state index contributed by atoms with van der Waals surface area (Å²) in [5.74, 6) is 0. The van der Waals surface area contributed by atoms with Crippen molar-refractivity contribution in [2.24, 2.45) is 0 Å². The van der Waals surface area contributed by atoms with Crippen molar-refractivity contribution in [3.05, 3.63) is 34.3 Å². The Morgan fingerprint density at radius 3 is 2.78 bits per heavy atom. The molecule has 0 bridgehead atoms. The van der Waals surface area contributed by atoms with E-state index in [0.29, 0.717) is 5.69 Å². The molecule has 18 heavy (non-hydrogen) atoms. The standard InChI is InChI=1S/C11H15N5O2/c1-9-10(16(17)18)8-15(13-9)11(4-2-5-11)14-7-3-6-12-14/h3,6,8,12H,2,4-5,7H2,1H3. The molecule has 1 aliphatic heterocycles. The molecule has 7 heteroatoms. The number of aromatic nitrogens is 2. The van der Waals surface area contributed by atoms with Crippen molar-refractivity contribution >= 4 is 5.69 Å². The summed E-state index contributed by atoms with van der Waals surface area (Å²) in [6.45, 7) is 2.48. The van der Waals surface area contributed by atoms with Crippen molar-refractivity contribution < 1.29 is 4.92 Å². The quantitative estimate of drug-likeness (QED) is 0.645. The van der Waals surface area contributed by atoms with Gasteiger partial charge in [0.1, 0.15) is 17.6 Å². The molecule has 1 saturated carbocycles. The molecule has 96 valence electrons. The topological polar surface area (TPSA) is 76.2 Å². The zero-order valence-corrected chi connectivity index (χ0v) is 10.2. The Balaban J connectivity index is 1.96. The largest absolute Gasteiger partial charge is 0.324 e. The number of nitro groups is 1. The van der Waals surface area contributed by atoms with E-state index in [0.717, 1.165) is 25.8 Å². The third-order valence-corrected chi connectivity index (χ3v) is 3.79. The third-order valence-electron chi connectivity index (χ3n) is 3.79. The fraction of sp³-hybridized carbons (Fsp3) is 0.545. The normalized spacial score (nSPS) is 21.6. The van der Waals surface area contributed by atoms with Gasteiger partial charge in [0, 0.05) is 12.7 Å². The summed E-state index contributed by atoms with van der Waals surface area (Å²) in [6, 6.07) is 0. The average Bonchev–Trinajstić information content (AvgIpc) is 2.87. The third kappa shape index (κ3) is 1.43. The Labute approximate surface area is 104 Å². The van der Waals surface area contributed by atoms with Crippen molar-refractivity contribution in [3.63, 3.8) is 0 Å². The van der Waals surface area contributed by atoms with E-state index in [1.165, 1.54) is 0 Å². The lowest BCUT2D eigenvalue weighted by Gasteiger charge is -2.48. The van der Waals surface area contributed by atoms with Crippen LogP contribution in [-0.4, -0.2) is 26.3 Å². The molecular formula is C11H15N5O2. The van der Waals surface area contributed by atoms with Crippen LogP contribution >= 0.6 is 0 Å². The SMILES string of the molecule is Cc1nn(C2(N3CC=CN3)CCC2)cc1[N+](=O)[O-]. The maximum atomic E-state index is 10.9. The van der Waals surface area contributed by atoms with Gasteiger partial charge >= 0.3 is 5.69 Å². The second-order valence-electron chi connectivity index (χ2n) is 4.78. The van der Waals surface area contributed by atoms with E-state index in [4.69, 9.17) is 0 Å². The van der Waals surface area contributed by atoms with Gasteiger partial charge < -0.3 is 5.43 Å². The minimum absolute atomic E-state index is 0.0911. The molecule has 0 spiro atoms. The summed E-state index contributed by atoms with van der Waals surface area (Å²) in [4.78, 5) is 10.5. The Kier molecular flexibility index (Phi) is 2.37. The smallest absolute Gasteiger partial charge is 0.309 e. The highest BCUT2D eigenvalue weighted by Crippen LogP contribution is 2.42. The first-order chi connectivity index (χ1) is 8.63. The molecule has 0 aromatic carbocycles. The Hall–Kier alpha value is -1.89. The molecule has 1 N–H and O–H groups in total. The van der Waals surface area contributed by atoms with Crippen LogP contribution in [0.3, 0.4) is 0 Å². The summed E-state index contributed by atoms with van der Waals surface area (Å²) >= 11 is 0. The molecule has 0 radical (unpaired) electrons. The number of nitrogens with zero attached hydrogens (tertiary/aromatic N) is 4. The predicted molar refractivity (Wildman–Crippen MR) is 64.4 cm³/mol. The summed E-state index contributed by atoms with van der Waals surface area (Å²) in [7, 11) is 0. The van der Waals surface area contributed by atoms with Crippen molar-refractivity contribution in [2.45, 2.75) is 31.8 Å². The van der Waals surface area contributed by atoms with Gasteiger partial charge in [-0.15, -0.1) is 0 Å². The average molecular weight is 249 g/mol. The molecule has 3 rings (SSSR count). The molecule has 1 aromatic heterocycles. The fourth-order valence-corrected chi connectivity index (χ4v) is 2.60. The van der Waals surface area contributed by atoms with E-state index in [1.54, 1.807) is 17.8 Å². The highest BCUT2D eigenvalue weighted by atomic mass is 16.6. The van der Waals surface area contributed by atoms with E-state index in [-0.39, 0.29) is 16.3 Å². The van der Waals surface area contributed by atoms with E-state index in [2.05, 4.69) is 15.5 Å². The maximum absolute atomic E-state index is 10.9. The number of hydrogen-bond donors (Lipinski definition) is 1. The molecule has 2 heterocycles. The van der Waals surface area contributed by atoms with Crippen LogP contribution in [0, 0.1) is 17.0 Å². The van der Waals surface area contributed by atoms with Gasteiger partial charge in [-0.3, -0.25) is 10.1 Å². The molecule has 0 saturated heterocycles. The zero-order chi connectivity index (χ0) is 12.8. The molecule has 1 fully saturated rings. The van der Waals surface area contributed by atoms with Gasteiger partial charge in [-0.1, -0.05) is 6.08 Å². The second kappa shape index (κ2) is 3.81. The minimum Gasteiger partial charge on any atom is -0.324 e. The fourth-order valence-electron chi connectivity index (χ4n) is 2.60. The molecule has 2 aliphatic rings. The molecule has 7 nitrogen and oxygen atoms in total. The van der Waals surface area contributed by atoms with Crippen molar-refractivity contribution in [3.8, 4) is 0 Å². The molecule has 0 amide bonds. The summed E-state index contributed by atoms with van der Waals surface area (Å²) in [5.41, 5.74) is 3.49. The van der Waals surface area contributed by atoms with Crippen LogP contribution in [-0.2, 0) is 5.66 Å². The summed E-state index contributed by atoms with van der Waals surface area (Å²) < 4.78 is 1.75. The Morgan fingerprint density at radius 2 is 2.33 bits per heavy atom. The lowest BCUT2D eigenvalue weighted by atomic mass is 9.84. The first kappa shape index (κ1) is 11.2. The summed E-state index contributed by atoms with van der Waals surface area (Å²) in [5, 5.41) is 17.3. The maximum Gasteiger partial charge on any atom is 0.309 e.